The number of amides is 2. The van der Waals surface area contributed by atoms with Gasteiger partial charge in [0.05, 0.1) is 11.2 Å². The van der Waals surface area contributed by atoms with Crippen molar-refractivity contribution in [2.45, 2.75) is 77.5 Å². The first-order valence-electron chi connectivity index (χ1n) is 13.0. The number of aliphatic imine (C=N–C) groups is 1. The van der Waals surface area contributed by atoms with Crippen molar-refractivity contribution < 1.29 is 23.3 Å². The third-order valence-electron chi connectivity index (χ3n) is 7.74. The molecule has 0 radical (unpaired) electrons. The summed E-state index contributed by atoms with van der Waals surface area (Å²) in [5, 5.41) is 5.61. The van der Waals surface area contributed by atoms with Crippen LogP contribution in [0.25, 0.3) is 0 Å². The van der Waals surface area contributed by atoms with Crippen LogP contribution in [0.1, 0.15) is 60.3 Å². The van der Waals surface area contributed by atoms with E-state index in [4.69, 9.17) is 15.0 Å². The van der Waals surface area contributed by atoms with E-state index in [0.29, 0.717) is 18.4 Å². The highest BCUT2D eigenvalue weighted by Gasteiger charge is 2.53. The maximum absolute atomic E-state index is 15.1. The van der Waals surface area contributed by atoms with E-state index in [1.165, 1.54) is 24.4 Å². The van der Waals surface area contributed by atoms with E-state index in [9.17, 15) is 9.59 Å². The Morgan fingerprint density at radius 2 is 1.78 bits per heavy atom. The molecule has 1 aromatic rings. The van der Waals surface area contributed by atoms with E-state index >= 15 is 4.39 Å². The van der Waals surface area contributed by atoms with Crippen LogP contribution < -0.4 is 21.8 Å². The molecule has 0 bridgehead atoms. The zero-order valence-electron chi connectivity index (χ0n) is 22.2. The molecule has 200 valence electrons. The van der Waals surface area contributed by atoms with Crippen LogP contribution in [0.15, 0.2) is 29.4 Å². The summed E-state index contributed by atoms with van der Waals surface area (Å²) < 4.78 is 26.9. The number of nitrogens with zero attached hydrogens (tertiary/aromatic N) is 2. The van der Waals surface area contributed by atoms with Gasteiger partial charge in [0, 0.05) is 12.0 Å². The standard InChI is InChI=1S/C26H37BFN5O4/c1-6-30-18(13-14-29)23(34)33-21(20(15-7-8-15)16-9-10-16)24(35)32-19-12-11-17(22(28)31-19)27-36-25(2,3)26(4,5)37-27/h11-16,20-21H,6-10,29H2,1-5H3,(H,33,34)(H,31,32,35). The highest BCUT2D eigenvalue weighted by Crippen LogP contribution is 2.50. The van der Waals surface area contributed by atoms with Crippen LogP contribution in [-0.4, -0.2) is 53.4 Å². The Balaban J connectivity index is 1.53. The van der Waals surface area contributed by atoms with Gasteiger partial charge in [0.15, 0.2) is 0 Å². The number of carbonyl (C=O) groups excluding carboxylic acids is 2. The van der Waals surface area contributed by atoms with Crippen LogP contribution in [0.4, 0.5) is 10.2 Å². The van der Waals surface area contributed by atoms with E-state index in [1.807, 2.05) is 34.6 Å². The molecule has 1 atom stereocenters. The highest BCUT2D eigenvalue weighted by molar-refractivity contribution is 6.62. The Hall–Kier alpha value is -2.79. The summed E-state index contributed by atoms with van der Waals surface area (Å²) in [5.41, 5.74) is 4.55. The number of anilines is 1. The molecule has 3 aliphatic rings. The van der Waals surface area contributed by atoms with Crippen LogP contribution in [0.5, 0.6) is 0 Å². The first-order chi connectivity index (χ1) is 17.5. The number of halogens is 1. The SMILES string of the molecule is CCN=C(C=CN)C(=O)NC(C(=O)Nc1ccc(B2OC(C)(C)C(C)(C)O2)c(F)n1)C(C1CC1)C1CC1. The maximum Gasteiger partial charge on any atom is 0.499 e. The van der Waals surface area contributed by atoms with Gasteiger partial charge in [0.1, 0.15) is 17.6 Å². The number of aromatic nitrogens is 1. The first-order valence-corrected chi connectivity index (χ1v) is 13.0. The largest absolute Gasteiger partial charge is 0.499 e. The van der Waals surface area contributed by atoms with Gasteiger partial charge in [0.2, 0.25) is 11.9 Å². The van der Waals surface area contributed by atoms with Crippen LogP contribution in [0.3, 0.4) is 0 Å². The first kappa shape index (κ1) is 27.3. The van der Waals surface area contributed by atoms with Crippen LogP contribution in [0.2, 0.25) is 0 Å². The lowest BCUT2D eigenvalue weighted by molar-refractivity contribution is -0.124. The molecule has 0 aromatic carbocycles. The quantitative estimate of drug-likeness (QED) is 0.250. The molecule has 9 nitrogen and oxygen atoms in total. The fraction of sp³-hybridized carbons (Fsp3) is 0.615. The second-order valence-corrected chi connectivity index (χ2v) is 11.1. The summed E-state index contributed by atoms with van der Waals surface area (Å²) in [5.74, 6) is -0.890. The molecule has 37 heavy (non-hydrogen) atoms. The normalized spacial score (nSPS) is 21.9. The fourth-order valence-corrected chi connectivity index (χ4v) is 4.77. The summed E-state index contributed by atoms with van der Waals surface area (Å²) in [7, 11) is -0.907. The van der Waals surface area contributed by atoms with Crippen molar-refractivity contribution in [2.24, 2.45) is 28.5 Å². The summed E-state index contributed by atoms with van der Waals surface area (Å²) in [6.45, 7) is 9.76. The molecule has 1 aliphatic heterocycles. The Kier molecular flexibility index (Phi) is 7.76. The Labute approximate surface area is 218 Å². The topological polar surface area (TPSA) is 128 Å². The molecular weight excluding hydrogens is 476 g/mol. The lowest BCUT2D eigenvalue weighted by Gasteiger charge is -2.32. The average Bonchev–Trinajstić information content (AvgIpc) is 3.73. The van der Waals surface area contributed by atoms with E-state index in [-0.39, 0.29) is 22.9 Å². The summed E-state index contributed by atoms with van der Waals surface area (Å²) in [4.78, 5) is 34.7. The molecule has 4 rings (SSSR count). The third kappa shape index (κ3) is 6.04. The van der Waals surface area contributed by atoms with E-state index in [1.54, 1.807) is 0 Å². The lowest BCUT2D eigenvalue weighted by atomic mass is 9.80. The minimum Gasteiger partial charge on any atom is -0.405 e. The molecule has 1 saturated heterocycles. The van der Waals surface area contributed by atoms with Crippen molar-refractivity contribution >= 4 is 35.9 Å². The van der Waals surface area contributed by atoms with E-state index in [0.717, 1.165) is 25.7 Å². The van der Waals surface area contributed by atoms with Crippen molar-refractivity contribution in [3.63, 3.8) is 0 Å². The predicted molar refractivity (Wildman–Crippen MR) is 141 cm³/mol. The molecule has 1 unspecified atom stereocenters. The van der Waals surface area contributed by atoms with Crippen LogP contribution >= 0.6 is 0 Å². The number of nitrogens with two attached hydrogens (primary N) is 1. The summed E-state index contributed by atoms with van der Waals surface area (Å²) in [6, 6.07) is 2.23. The van der Waals surface area contributed by atoms with Crippen molar-refractivity contribution in [1.29, 1.82) is 0 Å². The maximum atomic E-state index is 15.1. The molecule has 4 N–H and O–H groups in total. The number of hydrogen-bond donors (Lipinski definition) is 3. The Morgan fingerprint density at radius 3 is 2.27 bits per heavy atom. The number of hydrogen-bond acceptors (Lipinski definition) is 7. The second-order valence-electron chi connectivity index (χ2n) is 11.1. The van der Waals surface area contributed by atoms with Crippen molar-refractivity contribution in [2.75, 3.05) is 11.9 Å². The smallest absolute Gasteiger partial charge is 0.405 e. The number of rotatable bonds is 10. The molecule has 1 aromatic heterocycles. The molecule has 3 fully saturated rings. The van der Waals surface area contributed by atoms with Crippen LogP contribution in [0, 0.1) is 23.7 Å². The third-order valence-corrected chi connectivity index (χ3v) is 7.74. The fourth-order valence-electron chi connectivity index (χ4n) is 4.77. The summed E-state index contributed by atoms with van der Waals surface area (Å²) >= 11 is 0. The van der Waals surface area contributed by atoms with Crippen LogP contribution in [-0.2, 0) is 18.9 Å². The molecule has 2 amide bonds. The van der Waals surface area contributed by atoms with Crippen molar-refractivity contribution in [1.82, 2.24) is 10.3 Å². The van der Waals surface area contributed by atoms with Crippen molar-refractivity contribution in [3.05, 3.63) is 30.4 Å². The van der Waals surface area contributed by atoms with Gasteiger partial charge in [-0.25, -0.2) is 4.98 Å². The van der Waals surface area contributed by atoms with Crippen molar-refractivity contribution in [3.8, 4) is 0 Å². The molecular formula is C26H37BFN5O4. The predicted octanol–water partition coefficient (Wildman–Crippen LogP) is 2.31. The van der Waals surface area contributed by atoms with Gasteiger partial charge < -0.3 is 25.7 Å². The zero-order chi connectivity index (χ0) is 27.0. The van der Waals surface area contributed by atoms with E-state index < -0.39 is 42.1 Å². The van der Waals surface area contributed by atoms with Gasteiger partial charge >= 0.3 is 7.12 Å². The van der Waals surface area contributed by atoms with Gasteiger partial charge in [-0.15, -0.1) is 0 Å². The van der Waals surface area contributed by atoms with Gasteiger partial charge in [-0.05, 0) is 96.4 Å². The molecule has 0 spiro atoms. The number of pyridine rings is 1. The Bertz CT molecular complexity index is 1070. The van der Waals surface area contributed by atoms with Gasteiger partial charge in [-0.1, -0.05) is 6.07 Å². The monoisotopic (exact) mass is 513 g/mol. The molecule has 2 heterocycles. The molecule has 2 aliphatic carbocycles. The second kappa shape index (κ2) is 10.5. The van der Waals surface area contributed by atoms with Gasteiger partial charge in [-0.2, -0.15) is 4.39 Å². The van der Waals surface area contributed by atoms with Gasteiger partial charge in [-0.3, -0.25) is 14.6 Å². The Morgan fingerprint density at radius 1 is 1.19 bits per heavy atom. The van der Waals surface area contributed by atoms with E-state index in [2.05, 4.69) is 20.6 Å². The van der Waals surface area contributed by atoms with Gasteiger partial charge in [0.25, 0.3) is 5.91 Å². The minimum atomic E-state index is -0.907. The zero-order valence-corrected chi connectivity index (χ0v) is 22.2. The average molecular weight is 513 g/mol. The molecule has 2 saturated carbocycles. The highest BCUT2D eigenvalue weighted by atomic mass is 19.1. The lowest BCUT2D eigenvalue weighted by Crippen LogP contribution is -2.51. The number of nitrogens with one attached hydrogen (secondary N) is 2. The summed E-state index contributed by atoms with van der Waals surface area (Å²) in [6.07, 6.45) is 6.76. The number of carbonyl (C=O) groups is 2. The minimum absolute atomic E-state index is 0.00237. The molecule has 11 heteroatoms.